The zero-order chi connectivity index (χ0) is 15.3. The van der Waals surface area contributed by atoms with Gasteiger partial charge in [-0.25, -0.2) is 13.1 Å². The normalized spacial score (nSPS) is 13.0. The fourth-order valence-electron chi connectivity index (χ4n) is 1.94. The molecule has 2 rings (SSSR count). The summed E-state index contributed by atoms with van der Waals surface area (Å²) in [6.07, 6.45) is 0.445. The minimum absolute atomic E-state index is 0.203. The van der Waals surface area contributed by atoms with E-state index in [1.807, 2.05) is 30.3 Å². The molecule has 0 amide bonds. The third-order valence-corrected chi connectivity index (χ3v) is 5.25. The van der Waals surface area contributed by atoms with E-state index in [-0.39, 0.29) is 11.5 Å². The van der Waals surface area contributed by atoms with Crippen molar-refractivity contribution in [2.45, 2.75) is 17.4 Å². The predicted molar refractivity (Wildman–Crippen MR) is 90.5 cm³/mol. The summed E-state index contributed by atoms with van der Waals surface area (Å²) in [6, 6.07) is 15.5. The van der Waals surface area contributed by atoms with Crippen LogP contribution in [0.2, 0.25) is 0 Å². The van der Waals surface area contributed by atoms with Gasteiger partial charge >= 0.3 is 0 Å². The van der Waals surface area contributed by atoms with Gasteiger partial charge in [0.05, 0.1) is 11.5 Å². The van der Waals surface area contributed by atoms with E-state index in [0.29, 0.717) is 6.42 Å². The Balaban J connectivity index is 2.12. The summed E-state index contributed by atoms with van der Waals surface area (Å²) in [7, 11) is -3.62. The highest BCUT2D eigenvalue weighted by atomic mass is 127. The minimum atomic E-state index is -3.62. The predicted octanol–water partition coefficient (Wildman–Crippen LogP) is 2.17. The van der Waals surface area contributed by atoms with Crippen LogP contribution in [0.25, 0.3) is 0 Å². The lowest BCUT2D eigenvalue weighted by Crippen LogP contribution is -2.39. The van der Waals surface area contributed by atoms with Crippen molar-refractivity contribution in [3.05, 3.63) is 63.7 Å². The monoisotopic (exact) mass is 417 g/mol. The summed E-state index contributed by atoms with van der Waals surface area (Å²) in [5.74, 6) is 0. The van der Waals surface area contributed by atoms with Crippen LogP contribution in [0, 0.1) is 3.57 Å². The van der Waals surface area contributed by atoms with Gasteiger partial charge in [-0.3, -0.25) is 0 Å². The van der Waals surface area contributed by atoms with Crippen LogP contribution in [0.1, 0.15) is 5.56 Å². The summed E-state index contributed by atoms with van der Waals surface area (Å²) >= 11 is 2.12. The molecule has 0 heterocycles. The lowest BCUT2D eigenvalue weighted by Gasteiger charge is -2.16. The lowest BCUT2D eigenvalue weighted by molar-refractivity contribution is 0.256. The van der Waals surface area contributed by atoms with E-state index in [9.17, 15) is 13.5 Å². The molecule has 0 unspecified atom stereocenters. The Kier molecular flexibility index (Phi) is 5.74. The molecule has 21 heavy (non-hydrogen) atoms. The fourth-order valence-corrected chi connectivity index (χ4v) is 3.53. The number of aliphatic hydroxyl groups excluding tert-OH is 1. The first-order chi connectivity index (χ1) is 10.0. The Morgan fingerprint density at radius 1 is 1.05 bits per heavy atom. The Hall–Kier alpha value is -0.960. The first kappa shape index (κ1) is 16.4. The van der Waals surface area contributed by atoms with Crippen LogP contribution in [0.5, 0.6) is 0 Å². The molecule has 0 aliphatic rings. The molecule has 2 N–H and O–H groups in total. The zero-order valence-electron chi connectivity index (χ0n) is 11.2. The van der Waals surface area contributed by atoms with Crippen LogP contribution < -0.4 is 4.72 Å². The molecule has 112 valence electrons. The van der Waals surface area contributed by atoms with Gasteiger partial charge in [0.1, 0.15) is 0 Å². The molecule has 0 aliphatic heterocycles. The molecule has 0 saturated heterocycles. The fraction of sp³-hybridized carbons (Fsp3) is 0.200. The molecule has 0 saturated carbocycles. The average molecular weight is 417 g/mol. The third-order valence-electron chi connectivity index (χ3n) is 2.99. The number of benzene rings is 2. The number of halogens is 1. The van der Waals surface area contributed by atoms with Gasteiger partial charge < -0.3 is 5.11 Å². The molecule has 2 aromatic rings. The van der Waals surface area contributed by atoms with Crippen LogP contribution in [-0.2, 0) is 16.4 Å². The second-order valence-corrected chi connectivity index (χ2v) is 7.60. The maximum absolute atomic E-state index is 12.3. The van der Waals surface area contributed by atoms with Crippen molar-refractivity contribution in [1.82, 2.24) is 4.72 Å². The highest BCUT2D eigenvalue weighted by Crippen LogP contribution is 2.13. The van der Waals surface area contributed by atoms with E-state index >= 15 is 0 Å². The molecule has 4 nitrogen and oxygen atoms in total. The first-order valence-corrected chi connectivity index (χ1v) is 9.00. The second-order valence-electron chi connectivity index (χ2n) is 4.64. The highest BCUT2D eigenvalue weighted by molar-refractivity contribution is 14.1. The van der Waals surface area contributed by atoms with Crippen molar-refractivity contribution in [3.8, 4) is 0 Å². The summed E-state index contributed by atoms with van der Waals surface area (Å²) in [5, 5.41) is 9.41. The van der Waals surface area contributed by atoms with Crippen LogP contribution >= 0.6 is 22.6 Å². The van der Waals surface area contributed by atoms with Gasteiger partial charge in [0.25, 0.3) is 0 Å². The SMILES string of the molecule is O=S(=O)(N[C@@H](CO)Cc1ccccc1)c1ccc(I)cc1. The number of sulfonamides is 1. The first-order valence-electron chi connectivity index (χ1n) is 6.44. The van der Waals surface area contributed by atoms with Crippen molar-refractivity contribution in [2.24, 2.45) is 0 Å². The van der Waals surface area contributed by atoms with E-state index in [1.165, 1.54) is 0 Å². The molecule has 0 aliphatic carbocycles. The third kappa shape index (κ3) is 4.77. The van der Waals surface area contributed by atoms with Crippen LogP contribution in [0.4, 0.5) is 0 Å². The number of rotatable bonds is 6. The molecular weight excluding hydrogens is 401 g/mol. The standard InChI is InChI=1S/C15H16INO3S/c16-13-6-8-15(9-7-13)21(19,20)17-14(11-18)10-12-4-2-1-3-5-12/h1-9,14,17-18H,10-11H2/t14-/m1/s1. The molecule has 6 heteroatoms. The molecule has 0 aromatic heterocycles. The molecule has 0 bridgehead atoms. The summed E-state index contributed by atoms with van der Waals surface area (Å²) < 4.78 is 28.1. The van der Waals surface area contributed by atoms with Gasteiger partial charge in [0, 0.05) is 9.61 Å². The van der Waals surface area contributed by atoms with Crippen molar-refractivity contribution in [2.75, 3.05) is 6.61 Å². The largest absolute Gasteiger partial charge is 0.395 e. The number of nitrogens with one attached hydrogen (secondary N) is 1. The van der Waals surface area contributed by atoms with E-state index in [1.54, 1.807) is 24.3 Å². The molecule has 2 aromatic carbocycles. The quantitative estimate of drug-likeness (QED) is 0.709. The van der Waals surface area contributed by atoms with Gasteiger partial charge in [-0.2, -0.15) is 0 Å². The molecule has 0 fully saturated rings. The summed E-state index contributed by atoms with van der Waals surface area (Å²) in [5.41, 5.74) is 0.974. The average Bonchev–Trinajstić information content (AvgIpc) is 2.48. The lowest BCUT2D eigenvalue weighted by atomic mass is 10.1. The van der Waals surface area contributed by atoms with Crippen molar-refractivity contribution in [3.63, 3.8) is 0 Å². The number of aliphatic hydroxyl groups is 1. The Bertz CT molecular complexity index is 672. The van der Waals surface area contributed by atoms with E-state index < -0.39 is 16.1 Å². The van der Waals surface area contributed by atoms with Gasteiger partial charge in [-0.1, -0.05) is 30.3 Å². The maximum atomic E-state index is 12.3. The van der Waals surface area contributed by atoms with Crippen molar-refractivity contribution >= 4 is 32.6 Å². The van der Waals surface area contributed by atoms with Gasteiger partial charge in [-0.15, -0.1) is 0 Å². The smallest absolute Gasteiger partial charge is 0.240 e. The molecule has 0 radical (unpaired) electrons. The topological polar surface area (TPSA) is 66.4 Å². The molecule has 0 spiro atoms. The van der Waals surface area contributed by atoms with Gasteiger partial charge in [-0.05, 0) is 58.8 Å². The zero-order valence-corrected chi connectivity index (χ0v) is 14.2. The summed E-state index contributed by atoms with van der Waals surface area (Å²) in [6.45, 7) is -0.251. The Morgan fingerprint density at radius 2 is 1.67 bits per heavy atom. The minimum Gasteiger partial charge on any atom is -0.395 e. The van der Waals surface area contributed by atoms with E-state index in [4.69, 9.17) is 0 Å². The van der Waals surface area contributed by atoms with Crippen molar-refractivity contribution < 1.29 is 13.5 Å². The summed E-state index contributed by atoms with van der Waals surface area (Å²) in [4.78, 5) is 0.203. The second kappa shape index (κ2) is 7.35. The van der Waals surface area contributed by atoms with E-state index in [0.717, 1.165) is 9.13 Å². The number of hydrogen-bond donors (Lipinski definition) is 2. The van der Waals surface area contributed by atoms with E-state index in [2.05, 4.69) is 27.3 Å². The highest BCUT2D eigenvalue weighted by Gasteiger charge is 2.19. The van der Waals surface area contributed by atoms with Crippen molar-refractivity contribution in [1.29, 1.82) is 0 Å². The van der Waals surface area contributed by atoms with Crippen LogP contribution in [0.3, 0.4) is 0 Å². The Labute approximate surface area is 138 Å². The molecule has 1 atom stereocenters. The Morgan fingerprint density at radius 3 is 2.24 bits per heavy atom. The van der Waals surface area contributed by atoms with Gasteiger partial charge in [0.2, 0.25) is 10.0 Å². The maximum Gasteiger partial charge on any atom is 0.240 e. The molecular formula is C15H16INO3S. The van der Waals surface area contributed by atoms with Gasteiger partial charge in [0.15, 0.2) is 0 Å². The van der Waals surface area contributed by atoms with Crippen LogP contribution in [0.15, 0.2) is 59.5 Å². The van der Waals surface area contributed by atoms with Crippen LogP contribution in [-0.4, -0.2) is 26.2 Å². The number of hydrogen-bond acceptors (Lipinski definition) is 3.